The number of halogens is 3. The topological polar surface area (TPSA) is 36.3 Å². The molecule has 1 heterocycles. The Labute approximate surface area is 142 Å². The molecule has 4 nitrogen and oxygen atoms in total. The van der Waals surface area contributed by atoms with Crippen LogP contribution >= 0.6 is 0 Å². The molecule has 0 amide bonds. The van der Waals surface area contributed by atoms with Gasteiger partial charge in [-0.05, 0) is 29.8 Å². The molecule has 0 aliphatic rings. The van der Waals surface area contributed by atoms with E-state index in [9.17, 15) is 13.2 Å². The van der Waals surface area contributed by atoms with Gasteiger partial charge in [0.05, 0.1) is 31.4 Å². The number of para-hydroxylation sites is 2. The smallest absolute Gasteiger partial charge is 0.449 e. The molecule has 25 heavy (non-hydrogen) atoms. The number of alkyl halides is 3. The van der Waals surface area contributed by atoms with Crippen molar-refractivity contribution in [2.24, 2.45) is 0 Å². The van der Waals surface area contributed by atoms with Crippen LogP contribution < -0.4 is 4.74 Å². The van der Waals surface area contributed by atoms with E-state index in [1.807, 2.05) is 24.3 Å². The summed E-state index contributed by atoms with van der Waals surface area (Å²) in [6.07, 6.45) is -4.50. The van der Waals surface area contributed by atoms with Crippen LogP contribution in [-0.2, 0) is 24.1 Å². The fourth-order valence-corrected chi connectivity index (χ4v) is 2.59. The zero-order valence-corrected chi connectivity index (χ0v) is 13.6. The fourth-order valence-electron chi connectivity index (χ4n) is 2.59. The van der Waals surface area contributed by atoms with Crippen LogP contribution in [0, 0.1) is 0 Å². The van der Waals surface area contributed by atoms with Gasteiger partial charge in [0.15, 0.2) is 0 Å². The van der Waals surface area contributed by atoms with Crippen LogP contribution in [-0.4, -0.2) is 23.3 Å². The molecule has 0 N–H and O–H groups in total. The van der Waals surface area contributed by atoms with E-state index in [1.54, 1.807) is 31.4 Å². The number of fused-ring (bicyclic) bond motifs is 1. The lowest BCUT2D eigenvalue weighted by Crippen LogP contribution is -2.17. The van der Waals surface area contributed by atoms with Crippen LogP contribution in [0.1, 0.15) is 11.4 Å². The first-order valence-electron chi connectivity index (χ1n) is 7.72. The van der Waals surface area contributed by atoms with Crippen LogP contribution in [0.4, 0.5) is 13.2 Å². The molecule has 3 aromatic rings. The quantitative estimate of drug-likeness (QED) is 0.623. The minimum absolute atomic E-state index is 0.0749. The Morgan fingerprint density at radius 2 is 1.76 bits per heavy atom. The van der Waals surface area contributed by atoms with E-state index in [4.69, 9.17) is 9.47 Å². The van der Waals surface area contributed by atoms with Gasteiger partial charge < -0.3 is 14.0 Å². The van der Waals surface area contributed by atoms with Crippen molar-refractivity contribution < 1.29 is 22.6 Å². The standard InChI is InChI=1S/C18H17F3N2O2/c1-24-14-8-6-13(7-9-14)12-25-11-10-23-16-5-3-2-4-15(16)22-17(23)18(19,20)21/h2-9H,10-12H2,1H3. The first-order chi connectivity index (χ1) is 12.0. The van der Waals surface area contributed by atoms with E-state index >= 15 is 0 Å². The van der Waals surface area contributed by atoms with Crippen molar-refractivity contribution in [1.29, 1.82) is 0 Å². The summed E-state index contributed by atoms with van der Waals surface area (Å²) in [7, 11) is 1.58. The van der Waals surface area contributed by atoms with E-state index < -0.39 is 12.0 Å². The number of aromatic nitrogens is 2. The zero-order chi connectivity index (χ0) is 17.9. The minimum Gasteiger partial charge on any atom is -0.497 e. The van der Waals surface area contributed by atoms with E-state index in [0.29, 0.717) is 17.6 Å². The summed E-state index contributed by atoms with van der Waals surface area (Å²) >= 11 is 0. The van der Waals surface area contributed by atoms with Crippen LogP contribution in [0.2, 0.25) is 0 Å². The highest BCUT2D eigenvalue weighted by Gasteiger charge is 2.37. The Morgan fingerprint density at radius 3 is 2.44 bits per heavy atom. The van der Waals surface area contributed by atoms with Gasteiger partial charge in [-0.3, -0.25) is 0 Å². The second kappa shape index (κ2) is 7.14. The molecule has 0 radical (unpaired) electrons. The average molecular weight is 350 g/mol. The lowest BCUT2D eigenvalue weighted by atomic mass is 10.2. The maximum absolute atomic E-state index is 13.2. The number of ether oxygens (including phenoxy) is 2. The Bertz CT molecular complexity index is 842. The van der Waals surface area contributed by atoms with Gasteiger partial charge >= 0.3 is 6.18 Å². The SMILES string of the molecule is COc1ccc(COCCn2c(C(F)(F)F)nc3ccccc32)cc1. The molecule has 0 aliphatic heterocycles. The van der Waals surface area contributed by atoms with Gasteiger partial charge in [-0.25, -0.2) is 4.98 Å². The van der Waals surface area contributed by atoms with Gasteiger partial charge in [0, 0.05) is 6.54 Å². The summed E-state index contributed by atoms with van der Waals surface area (Å²) in [6, 6.07) is 13.9. The van der Waals surface area contributed by atoms with E-state index in [0.717, 1.165) is 15.9 Å². The Hall–Kier alpha value is -2.54. The molecule has 7 heteroatoms. The molecule has 0 spiro atoms. The minimum atomic E-state index is -4.50. The third kappa shape index (κ3) is 3.93. The van der Waals surface area contributed by atoms with Crippen molar-refractivity contribution in [2.45, 2.75) is 19.3 Å². The van der Waals surface area contributed by atoms with E-state index in [-0.39, 0.29) is 13.2 Å². The summed E-state index contributed by atoms with van der Waals surface area (Å²) in [5, 5.41) is 0. The van der Waals surface area contributed by atoms with Gasteiger partial charge in [0.2, 0.25) is 5.82 Å². The van der Waals surface area contributed by atoms with E-state index in [1.165, 1.54) is 0 Å². The average Bonchev–Trinajstić information content (AvgIpc) is 2.98. The second-order valence-corrected chi connectivity index (χ2v) is 5.47. The molecule has 1 aromatic heterocycles. The van der Waals surface area contributed by atoms with Crippen LogP contribution in [0.5, 0.6) is 5.75 Å². The molecule has 0 aliphatic carbocycles. The molecular weight excluding hydrogens is 333 g/mol. The van der Waals surface area contributed by atoms with Crippen molar-refractivity contribution in [1.82, 2.24) is 9.55 Å². The van der Waals surface area contributed by atoms with Crippen molar-refractivity contribution >= 4 is 11.0 Å². The highest BCUT2D eigenvalue weighted by atomic mass is 19.4. The predicted octanol–water partition coefficient (Wildman–Crippen LogP) is 4.28. The monoisotopic (exact) mass is 350 g/mol. The number of rotatable bonds is 6. The molecule has 0 bridgehead atoms. The van der Waals surface area contributed by atoms with Crippen molar-refractivity contribution in [2.75, 3.05) is 13.7 Å². The molecular formula is C18H17F3N2O2. The first-order valence-corrected chi connectivity index (χ1v) is 7.72. The van der Waals surface area contributed by atoms with Crippen LogP contribution in [0.3, 0.4) is 0 Å². The molecule has 0 atom stereocenters. The second-order valence-electron chi connectivity index (χ2n) is 5.47. The van der Waals surface area contributed by atoms with Gasteiger partial charge in [0.1, 0.15) is 5.75 Å². The maximum atomic E-state index is 13.2. The molecule has 3 rings (SSSR count). The predicted molar refractivity (Wildman–Crippen MR) is 87.4 cm³/mol. The maximum Gasteiger partial charge on any atom is 0.449 e. The third-order valence-electron chi connectivity index (χ3n) is 3.80. The largest absolute Gasteiger partial charge is 0.497 e. The number of methoxy groups -OCH3 is 1. The lowest BCUT2D eigenvalue weighted by molar-refractivity contribution is -0.147. The van der Waals surface area contributed by atoms with E-state index in [2.05, 4.69) is 4.98 Å². The number of hydrogen-bond donors (Lipinski definition) is 0. The van der Waals surface area contributed by atoms with Crippen molar-refractivity contribution in [3.05, 3.63) is 59.9 Å². The molecule has 0 unspecified atom stereocenters. The summed E-state index contributed by atoms with van der Waals surface area (Å²) in [5.74, 6) is -0.162. The number of imidazole rings is 1. The van der Waals surface area contributed by atoms with Crippen molar-refractivity contribution in [3.8, 4) is 5.75 Å². The highest BCUT2D eigenvalue weighted by Crippen LogP contribution is 2.31. The number of nitrogens with zero attached hydrogens (tertiary/aromatic N) is 2. The van der Waals surface area contributed by atoms with Crippen LogP contribution in [0.15, 0.2) is 48.5 Å². The fraction of sp³-hybridized carbons (Fsp3) is 0.278. The third-order valence-corrected chi connectivity index (χ3v) is 3.80. The normalized spacial score (nSPS) is 11.8. The Balaban J connectivity index is 1.68. The lowest BCUT2D eigenvalue weighted by Gasteiger charge is -2.12. The summed E-state index contributed by atoms with van der Waals surface area (Å²) < 4.78 is 51.3. The molecule has 2 aromatic carbocycles. The van der Waals surface area contributed by atoms with Gasteiger partial charge in [-0.15, -0.1) is 0 Å². The molecule has 0 saturated carbocycles. The summed E-state index contributed by atoms with van der Waals surface area (Å²) in [4.78, 5) is 3.71. The van der Waals surface area contributed by atoms with Crippen LogP contribution in [0.25, 0.3) is 11.0 Å². The highest BCUT2D eigenvalue weighted by molar-refractivity contribution is 5.76. The number of hydrogen-bond acceptors (Lipinski definition) is 3. The molecule has 0 fully saturated rings. The number of benzene rings is 2. The van der Waals surface area contributed by atoms with Crippen molar-refractivity contribution in [3.63, 3.8) is 0 Å². The van der Waals surface area contributed by atoms with Gasteiger partial charge in [-0.1, -0.05) is 24.3 Å². The summed E-state index contributed by atoms with van der Waals surface area (Å²) in [6.45, 7) is 0.541. The zero-order valence-electron chi connectivity index (χ0n) is 13.6. The summed E-state index contributed by atoms with van der Waals surface area (Å²) in [5.41, 5.74) is 1.69. The molecule has 132 valence electrons. The van der Waals surface area contributed by atoms with Gasteiger partial charge in [0.25, 0.3) is 0 Å². The Morgan fingerprint density at radius 1 is 1.04 bits per heavy atom. The van der Waals surface area contributed by atoms with Gasteiger partial charge in [-0.2, -0.15) is 13.2 Å². The molecule has 0 saturated heterocycles. The Kier molecular flexibility index (Phi) is 4.94. The first kappa shape index (κ1) is 17.3.